The van der Waals surface area contributed by atoms with Gasteiger partial charge in [-0.05, 0) is 109 Å². The Labute approximate surface area is 378 Å². The zero-order chi connectivity index (χ0) is 43.6. The molecule has 10 nitrogen and oxygen atoms in total. The molecule has 23 heteroatoms. The number of benzene rings is 6. The van der Waals surface area contributed by atoms with Crippen LogP contribution in [0.15, 0.2) is 158 Å². The van der Waals surface area contributed by atoms with Crippen molar-refractivity contribution in [2.45, 2.75) is 49.0 Å². The normalized spacial score (nSPS) is 12.7. The van der Waals surface area contributed by atoms with E-state index in [0.29, 0.717) is 36.4 Å². The van der Waals surface area contributed by atoms with E-state index in [9.17, 15) is 42.1 Å². The van der Waals surface area contributed by atoms with Gasteiger partial charge in [0, 0.05) is 40.2 Å². The van der Waals surface area contributed by atoms with Gasteiger partial charge in [0.2, 0.25) is 49.2 Å². The maximum absolute atomic E-state index is 14.8. The summed E-state index contributed by atoms with van der Waals surface area (Å²) in [5, 5.41) is -1.15. The Morgan fingerprint density at radius 1 is 0.186 bits per heavy atom. The van der Waals surface area contributed by atoms with Crippen molar-refractivity contribution in [3.05, 3.63) is 149 Å². The molecule has 0 fully saturated rings. The lowest BCUT2D eigenvalue weighted by Crippen LogP contribution is -2.13. The third kappa shape index (κ3) is 9.43. The average Bonchev–Trinajstić information content (AvgIpc) is 3.12. The summed E-state index contributed by atoms with van der Waals surface area (Å²) in [4.78, 5) is -8.03. The van der Waals surface area contributed by atoms with Crippen LogP contribution in [0.3, 0.4) is 0 Å². The van der Waals surface area contributed by atoms with Gasteiger partial charge in [0.1, 0.15) is 0 Å². The molecule has 0 unspecified atom stereocenters. The fourth-order valence-corrected chi connectivity index (χ4v) is 15.5. The van der Waals surface area contributed by atoms with Crippen molar-refractivity contribution in [3.63, 3.8) is 0 Å². The quantitative estimate of drug-likeness (QED) is 0.129. The van der Waals surface area contributed by atoms with Gasteiger partial charge in [-0.1, -0.05) is 92.8 Å². The summed E-state index contributed by atoms with van der Waals surface area (Å²) in [6.45, 7) is 0. The zero-order valence-electron chi connectivity index (χ0n) is 28.5. The van der Waals surface area contributed by atoms with Crippen LogP contribution in [0.25, 0.3) is 0 Å². The van der Waals surface area contributed by atoms with Crippen LogP contribution in [0.4, 0.5) is 0 Å². The number of hydrogen-bond donors (Lipinski definition) is 0. The number of rotatable bonds is 10. The van der Waals surface area contributed by atoms with E-state index < -0.39 is 98.1 Å². The van der Waals surface area contributed by atoms with E-state index in [2.05, 4.69) is 0 Å². The fourth-order valence-electron chi connectivity index (χ4n) is 5.44. The standard InChI is InChI=1S/C36H18Cl8O10S5/c37-19-1-20(38)6-27(5-19)55(45,46)31-13-32(56(47,48)28-7-21(39)2-22(40)8-28)16-35(15-31)59(53,54)36-17-33(57(49,50)29-9-23(41)3-24(42)10-29)14-34(18-36)58(51,52)30-11-25(43)4-26(44)12-30/h1-18H. The van der Waals surface area contributed by atoms with Gasteiger partial charge in [-0.3, -0.25) is 0 Å². The first-order valence-electron chi connectivity index (χ1n) is 15.6. The highest BCUT2D eigenvalue weighted by molar-refractivity contribution is 7.94. The third-order valence-electron chi connectivity index (χ3n) is 8.15. The van der Waals surface area contributed by atoms with Crippen LogP contribution in [0, 0.1) is 0 Å². The summed E-state index contributed by atoms with van der Waals surface area (Å²) in [5.74, 6) is 0. The lowest BCUT2D eigenvalue weighted by atomic mass is 10.3. The topological polar surface area (TPSA) is 171 Å². The molecule has 308 valence electrons. The van der Waals surface area contributed by atoms with Crippen molar-refractivity contribution >= 4 is 142 Å². The molecular weight excluding hydrogens is 1040 g/mol. The monoisotopic (exact) mass is 1050 g/mol. The maximum atomic E-state index is 14.8. The molecule has 0 spiro atoms. The van der Waals surface area contributed by atoms with E-state index in [1.807, 2.05) is 0 Å². The van der Waals surface area contributed by atoms with Crippen molar-refractivity contribution < 1.29 is 42.1 Å². The van der Waals surface area contributed by atoms with E-state index in [1.54, 1.807) is 0 Å². The van der Waals surface area contributed by atoms with Crippen LogP contribution in [-0.4, -0.2) is 42.1 Å². The van der Waals surface area contributed by atoms with Crippen LogP contribution in [0.5, 0.6) is 0 Å². The lowest BCUT2D eigenvalue weighted by Gasteiger charge is -2.15. The molecule has 0 radical (unpaired) electrons. The Bertz CT molecular complexity index is 2850. The highest BCUT2D eigenvalue weighted by Gasteiger charge is 2.33. The Hall–Kier alpha value is -2.61. The Morgan fingerprint density at radius 3 is 0.407 bits per heavy atom. The summed E-state index contributed by atoms with van der Waals surface area (Å²) >= 11 is 48.6. The SMILES string of the molecule is O=S(=O)(c1cc(Cl)cc(Cl)c1)c1cc(S(=O)(=O)c2cc(Cl)cc(Cl)c2)cc(S(=O)(=O)c2cc(S(=O)(=O)c3cc(Cl)cc(Cl)c3)cc(S(=O)(=O)c3cc(Cl)cc(Cl)c3)c2)c1. The molecule has 0 aliphatic carbocycles. The smallest absolute Gasteiger partial charge is 0.206 e. The second-order valence-electron chi connectivity index (χ2n) is 12.2. The Morgan fingerprint density at radius 2 is 0.288 bits per heavy atom. The Balaban J connectivity index is 1.69. The molecule has 0 aromatic heterocycles. The summed E-state index contributed by atoms with van der Waals surface area (Å²) in [5.41, 5.74) is 0. The van der Waals surface area contributed by atoms with Crippen LogP contribution in [0.1, 0.15) is 0 Å². The molecule has 0 atom stereocenters. The van der Waals surface area contributed by atoms with E-state index in [-0.39, 0.29) is 40.2 Å². The minimum absolute atomic E-state index is 0.144. The molecule has 0 amide bonds. The van der Waals surface area contributed by atoms with Gasteiger partial charge in [0.05, 0.1) is 49.0 Å². The van der Waals surface area contributed by atoms with Crippen molar-refractivity contribution in [1.29, 1.82) is 0 Å². The van der Waals surface area contributed by atoms with Crippen molar-refractivity contribution in [2.75, 3.05) is 0 Å². The van der Waals surface area contributed by atoms with Crippen LogP contribution in [0.2, 0.25) is 40.2 Å². The summed E-state index contributed by atoms with van der Waals surface area (Å²) in [6, 6.07) is 16.3. The van der Waals surface area contributed by atoms with E-state index >= 15 is 0 Å². The number of hydrogen-bond acceptors (Lipinski definition) is 10. The first-order chi connectivity index (χ1) is 27.2. The molecule has 0 aliphatic heterocycles. The van der Waals surface area contributed by atoms with Gasteiger partial charge in [-0.25, -0.2) is 42.1 Å². The van der Waals surface area contributed by atoms with Gasteiger partial charge in [-0.2, -0.15) is 0 Å². The van der Waals surface area contributed by atoms with Crippen LogP contribution >= 0.6 is 92.8 Å². The van der Waals surface area contributed by atoms with Crippen LogP contribution < -0.4 is 0 Å². The predicted octanol–water partition coefficient (Wildman–Crippen LogP) is 11.1. The molecule has 6 rings (SSSR count). The molecule has 0 saturated carbocycles. The second-order valence-corrected chi connectivity index (χ2v) is 25.5. The zero-order valence-corrected chi connectivity index (χ0v) is 38.7. The van der Waals surface area contributed by atoms with Crippen LogP contribution in [-0.2, 0) is 49.2 Å². The maximum Gasteiger partial charge on any atom is 0.206 e. The lowest BCUT2D eigenvalue weighted by molar-refractivity contribution is 0.590. The van der Waals surface area contributed by atoms with Crippen molar-refractivity contribution in [3.8, 4) is 0 Å². The van der Waals surface area contributed by atoms with E-state index in [1.165, 1.54) is 24.3 Å². The molecular formula is C36H18Cl8O10S5. The molecule has 0 saturated heterocycles. The van der Waals surface area contributed by atoms with E-state index in [0.717, 1.165) is 48.5 Å². The van der Waals surface area contributed by atoms with Gasteiger partial charge in [-0.15, -0.1) is 0 Å². The molecule has 0 heterocycles. The average molecular weight is 1050 g/mol. The largest absolute Gasteiger partial charge is 0.219 e. The van der Waals surface area contributed by atoms with Crippen molar-refractivity contribution in [2.24, 2.45) is 0 Å². The minimum Gasteiger partial charge on any atom is -0.219 e. The number of sulfone groups is 5. The molecule has 0 N–H and O–H groups in total. The molecule has 0 aliphatic rings. The predicted molar refractivity (Wildman–Crippen MR) is 226 cm³/mol. The highest BCUT2D eigenvalue weighted by atomic mass is 35.5. The Kier molecular flexibility index (Phi) is 12.9. The number of halogens is 8. The highest BCUT2D eigenvalue weighted by Crippen LogP contribution is 2.38. The van der Waals surface area contributed by atoms with Gasteiger partial charge in [0.15, 0.2) is 0 Å². The molecule has 6 aromatic carbocycles. The third-order valence-corrected chi connectivity index (χ3v) is 18.5. The molecule has 59 heavy (non-hydrogen) atoms. The first-order valence-corrected chi connectivity index (χ1v) is 26.1. The minimum atomic E-state index is -5.33. The van der Waals surface area contributed by atoms with Crippen molar-refractivity contribution in [1.82, 2.24) is 0 Å². The summed E-state index contributed by atoms with van der Waals surface area (Å²) in [7, 11) is -24.8. The van der Waals surface area contributed by atoms with Gasteiger partial charge in [0.25, 0.3) is 0 Å². The van der Waals surface area contributed by atoms with Gasteiger partial charge < -0.3 is 0 Å². The molecule has 6 aromatic rings. The first kappa shape index (κ1) is 45.9. The summed E-state index contributed by atoms with van der Waals surface area (Å²) in [6.07, 6.45) is 0. The molecule has 0 bridgehead atoms. The van der Waals surface area contributed by atoms with Gasteiger partial charge >= 0.3 is 0 Å². The summed E-state index contributed by atoms with van der Waals surface area (Å²) < 4.78 is 143. The fraction of sp³-hybridized carbons (Fsp3) is 0. The van der Waals surface area contributed by atoms with E-state index in [4.69, 9.17) is 92.8 Å². The second kappa shape index (κ2) is 16.6.